The van der Waals surface area contributed by atoms with Gasteiger partial charge < -0.3 is 9.73 Å². The summed E-state index contributed by atoms with van der Waals surface area (Å²) in [5.41, 5.74) is 1.22. The molecule has 1 amide bonds. The summed E-state index contributed by atoms with van der Waals surface area (Å²) in [6, 6.07) is 13.7. The molecule has 0 bridgehead atoms. The summed E-state index contributed by atoms with van der Waals surface area (Å²) >= 11 is 3.13. The third kappa shape index (κ3) is 5.75. The van der Waals surface area contributed by atoms with Crippen molar-refractivity contribution in [2.24, 2.45) is 0 Å². The summed E-state index contributed by atoms with van der Waals surface area (Å²) in [4.78, 5) is 12.3. The Morgan fingerprint density at radius 2 is 1.86 bits per heavy atom. The summed E-state index contributed by atoms with van der Waals surface area (Å²) < 4.78 is 45.8. The fourth-order valence-corrected chi connectivity index (χ4v) is 3.99. The molecule has 3 rings (SSSR count). The molecule has 0 aliphatic carbocycles. The highest BCUT2D eigenvalue weighted by Gasteiger charge is 2.15. The Bertz CT molecular complexity index is 1080. The number of nitrogens with one attached hydrogen (secondary N) is 2. The van der Waals surface area contributed by atoms with Crippen LogP contribution in [0.15, 0.2) is 74.6 Å². The van der Waals surface area contributed by atoms with E-state index in [-0.39, 0.29) is 23.2 Å². The van der Waals surface area contributed by atoms with Crippen LogP contribution in [0.5, 0.6) is 0 Å². The number of rotatable bonds is 8. The number of furan rings is 1. The zero-order valence-corrected chi connectivity index (χ0v) is 17.6. The molecule has 2 N–H and O–H groups in total. The maximum absolute atomic E-state index is 13.2. The highest BCUT2D eigenvalue weighted by Crippen LogP contribution is 2.17. The smallest absolute Gasteiger partial charge is 0.251 e. The van der Waals surface area contributed by atoms with E-state index in [1.54, 1.807) is 24.3 Å². The standard InChI is InChI=1S/C20H18BrFN2O4S/c21-18-12-14(3-8-19(18)22)9-10-23-20(25)15-4-6-17(7-5-15)29(26,27)24-13-16-2-1-11-28-16/h1-8,11-12,24H,9-10,13H2,(H,23,25). The molecule has 0 atom stereocenters. The number of hydrogen-bond acceptors (Lipinski definition) is 4. The van der Waals surface area contributed by atoms with Crippen molar-refractivity contribution in [2.45, 2.75) is 17.9 Å². The highest BCUT2D eigenvalue weighted by molar-refractivity contribution is 9.10. The average molecular weight is 481 g/mol. The third-order valence-corrected chi connectivity index (χ3v) is 6.15. The van der Waals surface area contributed by atoms with Crippen LogP contribution in [-0.2, 0) is 23.0 Å². The fourth-order valence-electron chi connectivity index (χ4n) is 2.57. The van der Waals surface area contributed by atoms with Gasteiger partial charge in [-0.3, -0.25) is 4.79 Å². The largest absolute Gasteiger partial charge is 0.468 e. The third-order valence-electron chi connectivity index (χ3n) is 4.13. The van der Waals surface area contributed by atoms with E-state index in [1.807, 2.05) is 0 Å². The van der Waals surface area contributed by atoms with Gasteiger partial charge in [-0.05, 0) is 76.4 Å². The van der Waals surface area contributed by atoms with Gasteiger partial charge in [-0.2, -0.15) is 0 Å². The van der Waals surface area contributed by atoms with Crippen molar-refractivity contribution in [2.75, 3.05) is 6.54 Å². The molecule has 0 radical (unpaired) electrons. The second kappa shape index (κ2) is 9.34. The Morgan fingerprint density at radius 3 is 2.52 bits per heavy atom. The van der Waals surface area contributed by atoms with Crippen molar-refractivity contribution >= 4 is 31.9 Å². The Kier molecular flexibility index (Phi) is 6.83. The molecule has 2 aromatic carbocycles. The number of amides is 1. The molecule has 0 saturated carbocycles. The van der Waals surface area contributed by atoms with Crippen molar-refractivity contribution in [3.05, 3.63) is 88.0 Å². The first kappa shape index (κ1) is 21.2. The first-order valence-electron chi connectivity index (χ1n) is 8.69. The summed E-state index contributed by atoms with van der Waals surface area (Å²) in [7, 11) is -3.72. The van der Waals surface area contributed by atoms with Gasteiger partial charge in [0.05, 0.1) is 22.2 Å². The molecule has 6 nitrogen and oxygen atoms in total. The molecule has 29 heavy (non-hydrogen) atoms. The normalized spacial score (nSPS) is 11.4. The quantitative estimate of drug-likeness (QED) is 0.515. The van der Waals surface area contributed by atoms with E-state index >= 15 is 0 Å². The van der Waals surface area contributed by atoms with E-state index in [0.29, 0.717) is 28.8 Å². The van der Waals surface area contributed by atoms with Crippen molar-refractivity contribution in [3.63, 3.8) is 0 Å². The molecule has 1 aromatic heterocycles. The Morgan fingerprint density at radius 1 is 1.10 bits per heavy atom. The predicted molar refractivity (Wildman–Crippen MR) is 109 cm³/mol. The van der Waals surface area contributed by atoms with Crippen LogP contribution >= 0.6 is 15.9 Å². The molecule has 1 heterocycles. The SMILES string of the molecule is O=C(NCCc1ccc(F)c(Br)c1)c1ccc(S(=O)(=O)NCc2ccco2)cc1. The first-order valence-corrected chi connectivity index (χ1v) is 11.0. The molecule has 9 heteroatoms. The molecule has 152 valence electrons. The fraction of sp³-hybridized carbons (Fsp3) is 0.150. The van der Waals surface area contributed by atoms with E-state index in [1.165, 1.54) is 36.6 Å². The maximum Gasteiger partial charge on any atom is 0.251 e. The predicted octanol–water partition coefficient (Wildman–Crippen LogP) is 3.63. The van der Waals surface area contributed by atoms with Crippen molar-refractivity contribution < 1.29 is 22.0 Å². The van der Waals surface area contributed by atoms with Crippen molar-refractivity contribution in [1.29, 1.82) is 0 Å². The van der Waals surface area contributed by atoms with Gasteiger partial charge in [0.2, 0.25) is 10.0 Å². The van der Waals surface area contributed by atoms with Crippen LogP contribution in [0.3, 0.4) is 0 Å². The summed E-state index contributed by atoms with van der Waals surface area (Å²) in [5, 5.41) is 2.76. The zero-order chi connectivity index (χ0) is 20.9. The van der Waals surface area contributed by atoms with Crippen LogP contribution in [0.25, 0.3) is 0 Å². The Hall–Kier alpha value is -2.49. The second-order valence-electron chi connectivity index (χ2n) is 6.18. The van der Waals surface area contributed by atoms with Crippen LogP contribution in [0.1, 0.15) is 21.7 Å². The van der Waals surface area contributed by atoms with Gasteiger partial charge in [-0.1, -0.05) is 6.07 Å². The molecule has 0 unspecified atom stereocenters. The number of hydrogen-bond donors (Lipinski definition) is 2. The lowest BCUT2D eigenvalue weighted by Crippen LogP contribution is -2.26. The molecule has 0 saturated heterocycles. The van der Waals surface area contributed by atoms with E-state index in [0.717, 1.165) is 5.56 Å². The van der Waals surface area contributed by atoms with Crippen LogP contribution in [-0.4, -0.2) is 20.9 Å². The molecule has 0 spiro atoms. The van der Waals surface area contributed by atoms with Gasteiger partial charge in [0.15, 0.2) is 0 Å². The zero-order valence-electron chi connectivity index (χ0n) is 15.2. The summed E-state index contributed by atoms with van der Waals surface area (Å²) in [6.45, 7) is 0.402. The van der Waals surface area contributed by atoms with Crippen LogP contribution in [0.2, 0.25) is 0 Å². The van der Waals surface area contributed by atoms with Gasteiger partial charge in [0.25, 0.3) is 5.91 Å². The van der Waals surface area contributed by atoms with Gasteiger partial charge in [-0.15, -0.1) is 0 Å². The van der Waals surface area contributed by atoms with Gasteiger partial charge in [-0.25, -0.2) is 17.5 Å². The van der Waals surface area contributed by atoms with E-state index < -0.39 is 10.0 Å². The Labute approximate surface area is 176 Å². The summed E-state index contributed by atoms with van der Waals surface area (Å²) in [6.07, 6.45) is 2.00. The van der Waals surface area contributed by atoms with Crippen molar-refractivity contribution in [3.8, 4) is 0 Å². The topological polar surface area (TPSA) is 88.4 Å². The summed E-state index contributed by atoms with van der Waals surface area (Å²) in [5.74, 6) is -0.164. The molecule has 3 aromatic rings. The average Bonchev–Trinajstić information content (AvgIpc) is 3.23. The first-order chi connectivity index (χ1) is 13.8. The number of carbonyl (C=O) groups is 1. The van der Waals surface area contributed by atoms with Gasteiger partial charge in [0.1, 0.15) is 11.6 Å². The van der Waals surface area contributed by atoms with E-state index in [9.17, 15) is 17.6 Å². The molecular formula is C20H18BrFN2O4S. The van der Waals surface area contributed by atoms with Crippen LogP contribution in [0.4, 0.5) is 4.39 Å². The Balaban J connectivity index is 1.54. The lowest BCUT2D eigenvalue weighted by atomic mass is 10.1. The second-order valence-corrected chi connectivity index (χ2v) is 8.80. The minimum absolute atomic E-state index is 0.0388. The van der Waals surface area contributed by atoms with Crippen LogP contribution < -0.4 is 10.0 Å². The number of benzene rings is 2. The highest BCUT2D eigenvalue weighted by atomic mass is 79.9. The molecule has 0 aliphatic heterocycles. The maximum atomic E-state index is 13.2. The molecule has 0 fully saturated rings. The van der Waals surface area contributed by atoms with Crippen molar-refractivity contribution in [1.82, 2.24) is 10.0 Å². The van der Waals surface area contributed by atoms with Gasteiger partial charge in [0, 0.05) is 12.1 Å². The lowest BCUT2D eigenvalue weighted by Gasteiger charge is -2.08. The molecular weight excluding hydrogens is 463 g/mol. The van der Waals surface area contributed by atoms with Gasteiger partial charge >= 0.3 is 0 Å². The van der Waals surface area contributed by atoms with E-state index in [4.69, 9.17) is 4.42 Å². The monoisotopic (exact) mass is 480 g/mol. The number of carbonyl (C=O) groups excluding carboxylic acids is 1. The minimum atomic E-state index is -3.72. The number of halogens is 2. The number of sulfonamides is 1. The lowest BCUT2D eigenvalue weighted by molar-refractivity contribution is 0.0954. The van der Waals surface area contributed by atoms with E-state index in [2.05, 4.69) is 26.0 Å². The van der Waals surface area contributed by atoms with Crippen LogP contribution in [0, 0.1) is 5.82 Å². The minimum Gasteiger partial charge on any atom is -0.468 e. The molecule has 0 aliphatic rings.